The van der Waals surface area contributed by atoms with Gasteiger partial charge < -0.3 is 14.5 Å². The Morgan fingerprint density at radius 2 is 1.61 bits per heavy atom. The average molecular weight is 396 g/mol. The molecule has 3 saturated heterocycles. The number of nitrogens with one attached hydrogen (secondary N) is 1. The van der Waals surface area contributed by atoms with Gasteiger partial charge >= 0.3 is 0 Å². The summed E-state index contributed by atoms with van der Waals surface area (Å²) in [6, 6.07) is 22.2. The Labute approximate surface area is 170 Å². The minimum Gasteiger partial charge on any atom is -0.404 e. The zero-order valence-corrected chi connectivity index (χ0v) is 18.6. The second-order valence-electron chi connectivity index (χ2n) is 9.48. The number of hydrogen-bond acceptors (Lipinski definition) is 3. The monoisotopic (exact) mass is 395 g/mol. The smallest absolute Gasteiger partial charge is 0.261 e. The van der Waals surface area contributed by atoms with Crippen LogP contribution in [0.2, 0.25) is 5.04 Å². The number of fused-ring (bicyclic) bond motifs is 3. The van der Waals surface area contributed by atoms with E-state index < -0.39 is 8.32 Å². The van der Waals surface area contributed by atoms with Gasteiger partial charge in [0.2, 0.25) is 0 Å². The predicted octanol–water partition coefficient (Wildman–Crippen LogP) is 3.47. The molecule has 0 spiro atoms. The molecule has 2 aromatic carbocycles. The highest BCUT2D eigenvalue weighted by Gasteiger charge is 2.53. The first-order valence-corrected chi connectivity index (χ1v) is 12.4. The number of morpholine rings is 1. The standard InChI is InChI=1S/C24H33NO2Si/c1-19-22-15-16-24(27-19,17-25-22)18-26-28(23(2,3)4,20-11-7-5-8-12-20)21-13-9-6-10-14-21/h5-14,19,22,25H,15-18H2,1-4H3. The minimum atomic E-state index is -2.51. The molecule has 2 aromatic rings. The lowest BCUT2D eigenvalue weighted by molar-refractivity contribution is -0.180. The summed E-state index contributed by atoms with van der Waals surface area (Å²) in [4.78, 5) is 0. The van der Waals surface area contributed by atoms with Crippen LogP contribution in [0.3, 0.4) is 0 Å². The van der Waals surface area contributed by atoms with Crippen molar-refractivity contribution in [3.63, 3.8) is 0 Å². The van der Waals surface area contributed by atoms with E-state index in [1.165, 1.54) is 16.8 Å². The predicted molar refractivity (Wildman–Crippen MR) is 118 cm³/mol. The fourth-order valence-corrected chi connectivity index (χ4v) is 9.70. The zero-order chi connectivity index (χ0) is 19.8. The van der Waals surface area contributed by atoms with Crippen LogP contribution in [0.1, 0.15) is 40.5 Å². The first-order valence-electron chi connectivity index (χ1n) is 10.5. The van der Waals surface area contributed by atoms with Crippen molar-refractivity contribution in [1.29, 1.82) is 0 Å². The van der Waals surface area contributed by atoms with Crippen LogP contribution < -0.4 is 15.7 Å². The summed E-state index contributed by atoms with van der Waals surface area (Å²) in [7, 11) is -2.51. The van der Waals surface area contributed by atoms with Gasteiger partial charge in [-0.25, -0.2) is 0 Å². The van der Waals surface area contributed by atoms with Crippen LogP contribution >= 0.6 is 0 Å². The van der Waals surface area contributed by atoms with E-state index >= 15 is 0 Å². The number of hydrogen-bond donors (Lipinski definition) is 1. The summed E-state index contributed by atoms with van der Waals surface area (Å²) in [6.45, 7) is 10.7. The van der Waals surface area contributed by atoms with E-state index in [0.29, 0.717) is 12.6 Å². The Kier molecular flexibility index (Phi) is 5.25. The fraction of sp³-hybridized carbons (Fsp3) is 0.500. The summed E-state index contributed by atoms with van der Waals surface area (Å²) in [5.74, 6) is 0. The Hall–Kier alpha value is -1.46. The highest BCUT2D eigenvalue weighted by molar-refractivity contribution is 6.99. The van der Waals surface area contributed by atoms with Gasteiger partial charge in [0.25, 0.3) is 8.32 Å². The Morgan fingerprint density at radius 1 is 1.04 bits per heavy atom. The van der Waals surface area contributed by atoms with E-state index in [4.69, 9.17) is 9.16 Å². The normalized spacial score (nSPS) is 27.7. The SMILES string of the molecule is CC1OC2(CO[Si](c3ccccc3)(c3ccccc3)C(C)(C)C)CCC1NC2. The van der Waals surface area contributed by atoms with E-state index in [0.717, 1.165) is 13.0 Å². The van der Waals surface area contributed by atoms with Crippen LogP contribution in [-0.2, 0) is 9.16 Å². The molecule has 28 heavy (non-hydrogen) atoms. The third-order valence-electron chi connectivity index (χ3n) is 6.57. The van der Waals surface area contributed by atoms with E-state index in [1.807, 2.05) is 0 Å². The molecule has 5 rings (SSSR count). The molecule has 0 saturated carbocycles. The van der Waals surface area contributed by atoms with Crippen LogP contribution in [0.15, 0.2) is 60.7 Å². The molecular weight excluding hydrogens is 362 g/mol. The molecule has 0 radical (unpaired) electrons. The lowest BCUT2D eigenvalue weighted by Gasteiger charge is -2.52. The van der Waals surface area contributed by atoms with Crippen molar-refractivity contribution in [2.45, 2.75) is 63.3 Å². The van der Waals surface area contributed by atoms with E-state index in [-0.39, 0.29) is 16.7 Å². The molecule has 3 heterocycles. The minimum absolute atomic E-state index is 0.00272. The first-order chi connectivity index (χ1) is 13.4. The van der Waals surface area contributed by atoms with E-state index in [9.17, 15) is 0 Å². The van der Waals surface area contributed by atoms with Crippen LogP contribution in [-0.4, -0.2) is 39.2 Å². The number of rotatable bonds is 5. The molecule has 4 heteroatoms. The van der Waals surface area contributed by atoms with Gasteiger partial charge in [-0.1, -0.05) is 81.4 Å². The summed E-state index contributed by atoms with van der Waals surface area (Å²) in [6.07, 6.45) is 2.50. The second kappa shape index (κ2) is 7.41. The van der Waals surface area contributed by atoms with Gasteiger partial charge in [0.1, 0.15) is 5.60 Å². The Morgan fingerprint density at radius 3 is 2.04 bits per heavy atom. The van der Waals surface area contributed by atoms with Crippen LogP contribution in [0.25, 0.3) is 0 Å². The topological polar surface area (TPSA) is 30.5 Å². The molecular formula is C24H33NO2Si. The van der Waals surface area contributed by atoms with Crippen LogP contribution in [0.4, 0.5) is 0 Å². The second-order valence-corrected chi connectivity index (χ2v) is 13.8. The van der Waals surface area contributed by atoms with Gasteiger partial charge in [-0.2, -0.15) is 0 Å². The average Bonchev–Trinajstić information content (AvgIpc) is 2.70. The molecule has 2 bridgehead atoms. The Balaban J connectivity index is 1.75. The van der Waals surface area contributed by atoms with Gasteiger partial charge in [-0.3, -0.25) is 0 Å². The summed E-state index contributed by atoms with van der Waals surface area (Å²) in [5, 5.41) is 6.33. The van der Waals surface area contributed by atoms with Crippen LogP contribution in [0.5, 0.6) is 0 Å². The molecule has 1 N–H and O–H groups in total. The molecule has 3 aliphatic heterocycles. The molecule has 3 nitrogen and oxygen atoms in total. The Bertz CT molecular complexity index is 740. The lowest BCUT2D eigenvalue weighted by atomic mass is 9.85. The molecule has 3 aliphatic rings. The first kappa shape index (κ1) is 19.8. The van der Waals surface area contributed by atoms with Crippen molar-refractivity contribution in [2.24, 2.45) is 0 Å². The molecule has 3 unspecified atom stereocenters. The maximum absolute atomic E-state index is 7.15. The third kappa shape index (κ3) is 3.37. The molecule has 0 amide bonds. The zero-order valence-electron chi connectivity index (χ0n) is 17.6. The van der Waals surface area contributed by atoms with Crippen molar-refractivity contribution in [2.75, 3.05) is 13.2 Å². The van der Waals surface area contributed by atoms with Crippen molar-refractivity contribution in [3.8, 4) is 0 Å². The van der Waals surface area contributed by atoms with Crippen molar-refractivity contribution >= 4 is 18.7 Å². The van der Waals surface area contributed by atoms with Gasteiger partial charge in [-0.15, -0.1) is 0 Å². The van der Waals surface area contributed by atoms with Crippen molar-refractivity contribution in [1.82, 2.24) is 5.32 Å². The summed E-state index contributed by atoms with van der Waals surface area (Å²) in [5.41, 5.74) is -0.207. The van der Waals surface area contributed by atoms with Gasteiger partial charge in [-0.05, 0) is 35.2 Å². The van der Waals surface area contributed by atoms with Gasteiger partial charge in [0, 0.05) is 12.6 Å². The summed E-state index contributed by atoms with van der Waals surface area (Å²) < 4.78 is 13.6. The number of ether oxygens (including phenoxy) is 1. The largest absolute Gasteiger partial charge is 0.404 e. The van der Waals surface area contributed by atoms with Gasteiger partial charge in [0.05, 0.1) is 12.7 Å². The quantitative estimate of drug-likeness (QED) is 0.787. The number of piperidine rings is 1. The van der Waals surface area contributed by atoms with E-state index in [1.54, 1.807) is 0 Å². The number of benzene rings is 2. The highest BCUT2D eigenvalue weighted by Crippen LogP contribution is 2.39. The molecule has 3 fully saturated rings. The molecule has 0 aromatic heterocycles. The maximum Gasteiger partial charge on any atom is 0.261 e. The maximum atomic E-state index is 7.15. The van der Waals surface area contributed by atoms with Crippen LogP contribution in [0, 0.1) is 0 Å². The lowest BCUT2D eigenvalue weighted by Crippen LogP contribution is -2.70. The molecule has 0 aliphatic carbocycles. The summed E-state index contributed by atoms with van der Waals surface area (Å²) >= 11 is 0. The van der Waals surface area contributed by atoms with Crippen molar-refractivity contribution in [3.05, 3.63) is 60.7 Å². The third-order valence-corrected chi connectivity index (χ3v) is 11.6. The molecule has 150 valence electrons. The van der Waals surface area contributed by atoms with E-state index in [2.05, 4.69) is 93.7 Å². The fourth-order valence-electron chi connectivity index (χ4n) is 5.06. The molecule has 3 atom stereocenters. The highest BCUT2D eigenvalue weighted by atomic mass is 28.4. The van der Waals surface area contributed by atoms with Crippen molar-refractivity contribution < 1.29 is 9.16 Å². The van der Waals surface area contributed by atoms with Gasteiger partial charge in [0.15, 0.2) is 0 Å².